The Morgan fingerprint density at radius 1 is 1.48 bits per heavy atom. The number of hydrogen-bond acceptors (Lipinski definition) is 7. The van der Waals surface area contributed by atoms with Gasteiger partial charge in [0.2, 0.25) is 0 Å². The Labute approximate surface area is 124 Å². The van der Waals surface area contributed by atoms with E-state index in [4.69, 9.17) is 5.84 Å². The molecule has 0 unspecified atom stereocenters. The van der Waals surface area contributed by atoms with E-state index in [0.717, 1.165) is 5.01 Å². The lowest BCUT2D eigenvalue weighted by Gasteiger charge is -2.07. The third-order valence-corrected chi connectivity index (χ3v) is 3.57. The van der Waals surface area contributed by atoms with Gasteiger partial charge in [0.05, 0.1) is 9.93 Å². The number of benzene rings is 1. The fourth-order valence-corrected chi connectivity index (χ4v) is 2.41. The zero-order valence-electron chi connectivity index (χ0n) is 10.9. The van der Waals surface area contributed by atoms with Gasteiger partial charge in [-0.3, -0.25) is 20.8 Å². The van der Waals surface area contributed by atoms with Crippen LogP contribution in [0.2, 0.25) is 0 Å². The summed E-state index contributed by atoms with van der Waals surface area (Å²) in [5.74, 6) is 4.71. The van der Waals surface area contributed by atoms with Crippen LogP contribution in [0.15, 0.2) is 29.8 Å². The van der Waals surface area contributed by atoms with Gasteiger partial charge in [0.15, 0.2) is 0 Å². The minimum absolute atomic E-state index is 0.0328. The monoisotopic (exact) mass is 307 g/mol. The van der Waals surface area contributed by atoms with Crippen molar-refractivity contribution in [2.45, 2.75) is 6.42 Å². The fraction of sp³-hybridized carbons (Fsp3) is 0.167. The molecule has 1 aromatic carbocycles. The fourth-order valence-electron chi connectivity index (χ4n) is 1.79. The maximum atomic E-state index is 12.1. The predicted octanol–water partition coefficient (Wildman–Crippen LogP) is 1.31. The molecule has 9 heteroatoms. The summed E-state index contributed by atoms with van der Waals surface area (Å²) >= 11 is 1.49. The van der Waals surface area contributed by atoms with Gasteiger partial charge in [-0.2, -0.15) is 0 Å². The first-order chi connectivity index (χ1) is 10.1. The molecular formula is C12H13N5O3S. The maximum Gasteiger partial charge on any atom is 0.306 e. The van der Waals surface area contributed by atoms with Crippen molar-refractivity contribution in [3.63, 3.8) is 0 Å². The molecule has 21 heavy (non-hydrogen) atoms. The minimum atomic E-state index is -0.634. The van der Waals surface area contributed by atoms with Crippen molar-refractivity contribution >= 4 is 28.6 Å². The highest BCUT2D eigenvalue weighted by atomic mass is 32.1. The Morgan fingerprint density at radius 3 is 2.90 bits per heavy atom. The van der Waals surface area contributed by atoms with Gasteiger partial charge in [0, 0.05) is 24.5 Å². The summed E-state index contributed by atoms with van der Waals surface area (Å²) in [6.07, 6.45) is 2.26. The van der Waals surface area contributed by atoms with Crippen LogP contribution in [0.1, 0.15) is 15.4 Å². The minimum Gasteiger partial charge on any atom is -0.351 e. The molecule has 4 N–H and O–H groups in total. The Balaban J connectivity index is 2.10. The van der Waals surface area contributed by atoms with Gasteiger partial charge in [0.1, 0.15) is 11.3 Å². The Morgan fingerprint density at radius 2 is 2.29 bits per heavy atom. The van der Waals surface area contributed by atoms with E-state index in [2.05, 4.69) is 15.7 Å². The second kappa shape index (κ2) is 6.77. The first-order valence-corrected chi connectivity index (χ1v) is 6.92. The number of nitrogen functional groups attached to an aromatic ring is 1. The zero-order chi connectivity index (χ0) is 15.2. The lowest BCUT2D eigenvalue weighted by Crippen LogP contribution is -2.26. The third-order valence-electron chi connectivity index (χ3n) is 2.73. The summed E-state index contributed by atoms with van der Waals surface area (Å²) in [7, 11) is 0. The first-order valence-electron chi connectivity index (χ1n) is 6.04. The number of nitrogens with one attached hydrogen (secondary N) is 2. The van der Waals surface area contributed by atoms with Crippen molar-refractivity contribution in [3.8, 4) is 0 Å². The lowest BCUT2D eigenvalue weighted by atomic mass is 10.1. The van der Waals surface area contributed by atoms with Crippen LogP contribution in [-0.4, -0.2) is 22.4 Å². The van der Waals surface area contributed by atoms with Gasteiger partial charge in [-0.1, -0.05) is 6.07 Å². The SMILES string of the molecule is NNc1cccc(C(=O)NCCc2nccs2)c1[N+](=O)[O-]. The van der Waals surface area contributed by atoms with E-state index in [-0.39, 0.29) is 16.9 Å². The number of carbonyl (C=O) groups is 1. The van der Waals surface area contributed by atoms with Gasteiger partial charge in [-0.05, 0) is 12.1 Å². The highest BCUT2D eigenvalue weighted by molar-refractivity contribution is 7.09. The van der Waals surface area contributed by atoms with Crippen molar-refractivity contribution in [1.82, 2.24) is 10.3 Å². The molecule has 0 saturated carbocycles. The number of nitrogens with two attached hydrogens (primary N) is 1. The van der Waals surface area contributed by atoms with Crippen LogP contribution in [0, 0.1) is 10.1 Å². The van der Waals surface area contributed by atoms with Crippen molar-refractivity contribution in [2.75, 3.05) is 12.0 Å². The van der Waals surface area contributed by atoms with Crippen molar-refractivity contribution < 1.29 is 9.72 Å². The number of hydrogen-bond donors (Lipinski definition) is 3. The van der Waals surface area contributed by atoms with Crippen molar-refractivity contribution in [3.05, 3.63) is 50.5 Å². The third kappa shape index (κ3) is 3.52. The van der Waals surface area contributed by atoms with E-state index in [1.54, 1.807) is 6.20 Å². The molecule has 0 atom stereocenters. The molecule has 110 valence electrons. The van der Waals surface area contributed by atoms with Crippen LogP contribution >= 0.6 is 11.3 Å². The Hall–Kier alpha value is -2.52. The number of carbonyl (C=O) groups excluding carboxylic acids is 1. The molecule has 8 nitrogen and oxygen atoms in total. The summed E-state index contributed by atoms with van der Waals surface area (Å²) in [5, 5.41) is 16.5. The number of amides is 1. The van der Waals surface area contributed by atoms with Crippen LogP contribution in [0.4, 0.5) is 11.4 Å². The molecule has 0 saturated heterocycles. The molecule has 1 amide bonds. The van der Waals surface area contributed by atoms with Gasteiger partial charge in [0.25, 0.3) is 5.91 Å². The summed E-state index contributed by atoms with van der Waals surface area (Å²) in [6, 6.07) is 4.35. The number of anilines is 1. The Bertz CT molecular complexity index is 644. The van der Waals surface area contributed by atoms with Gasteiger partial charge in [-0.15, -0.1) is 11.3 Å². The lowest BCUT2D eigenvalue weighted by molar-refractivity contribution is -0.384. The molecule has 2 rings (SSSR count). The molecule has 0 radical (unpaired) electrons. The normalized spacial score (nSPS) is 10.1. The summed E-state index contributed by atoms with van der Waals surface area (Å²) < 4.78 is 0. The van der Waals surface area contributed by atoms with E-state index < -0.39 is 10.8 Å². The van der Waals surface area contributed by atoms with E-state index in [1.165, 1.54) is 29.5 Å². The average molecular weight is 307 g/mol. The van der Waals surface area contributed by atoms with E-state index in [1.807, 2.05) is 5.38 Å². The van der Waals surface area contributed by atoms with E-state index >= 15 is 0 Å². The molecule has 0 aliphatic rings. The smallest absolute Gasteiger partial charge is 0.306 e. The summed E-state index contributed by atoms with van der Waals surface area (Å²) in [6.45, 7) is 0.351. The summed E-state index contributed by atoms with van der Waals surface area (Å²) in [5.41, 5.74) is 1.94. The highest BCUT2D eigenvalue weighted by Gasteiger charge is 2.23. The second-order valence-corrected chi connectivity index (χ2v) is 5.01. The second-order valence-electron chi connectivity index (χ2n) is 4.03. The number of para-hydroxylation sites is 1. The zero-order valence-corrected chi connectivity index (χ0v) is 11.7. The first kappa shape index (κ1) is 14.9. The molecule has 0 spiro atoms. The van der Waals surface area contributed by atoms with Gasteiger partial charge < -0.3 is 10.7 Å². The number of nitro groups is 1. The van der Waals surface area contributed by atoms with Crippen molar-refractivity contribution in [2.24, 2.45) is 5.84 Å². The molecule has 0 fully saturated rings. The number of rotatable bonds is 6. The summed E-state index contributed by atoms with van der Waals surface area (Å²) in [4.78, 5) is 26.6. The van der Waals surface area contributed by atoms with Gasteiger partial charge >= 0.3 is 5.69 Å². The largest absolute Gasteiger partial charge is 0.351 e. The van der Waals surface area contributed by atoms with E-state index in [0.29, 0.717) is 13.0 Å². The number of hydrazine groups is 1. The molecule has 0 aliphatic heterocycles. The number of nitrogens with zero attached hydrogens (tertiary/aromatic N) is 2. The maximum absolute atomic E-state index is 12.1. The van der Waals surface area contributed by atoms with E-state index in [9.17, 15) is 14.9 Å². The standard InChI is InChI=1S/C12H13N5O3S/c13-16-9-3-1-2-8(11(9)17(19)20)12(18)15-5-4-10-14-6-7-21-10/h1-3,6-7,16H,4-5,13H2,(H,15,18). The number of nitro benzene ring substituents is 1. The van der Waals surface area contributed by atoms with Crippen LogP contribution in [0.25, 0.3) is 0 Å². The molecular weight excluding hydrogens is 294 g/mol. The van der Waals surface area contributed by atoms with Crippen LogP contribution < -0.4 is 16.6 Å². The Kier molecular flexibility index (Phi) is 4.80. The van der Waals surface area contributed by atoms with Crippen molar-refractivity contribution in [1.29, 1.82) is 0 Å². The quantitative estimate of drug-likeness (QED) is 0.420. The number of thiazole rings is 1. The van der Waals surface area contributed by atoms with Crippen LogP contribution in [0.5, 0.6) is 0 Å². The highest BCUT2D eigenvalue weighted by Crippen LogP contribution is 2.27. The molecule has 2 aromatic rings. The number of aromatic nitrogens is 1. The van der Waals surface area contributed by atoms with Crippen LogP contribution in [0.3, 0.4) is 0 Å². The molecule has 1 heterocycles. The molecule has 0 aliphatic carbocycles. The topological polar surface area (TPSA) is 123 Å². The van der Waals surface area contributed by atoms with Crippen LogP contribution in [-0.2, 0) is 6.42 Å². The average Bonchev–Trinajstić information content (AvgIpc) is 2.99. The predicted molar refractivity (Wildman–Crippen MR) is 79.1 cm³/mol. The van der Waals surface area contributed by atoms with Gasteiger partial charge in [-0.25, -0.2) is 4.98 Å². The molecule has 0 bridgehead atoms. The molecule has 1 aromatic heterocycles.